The number of rotatable bonds is 3. The first-order chi connectivity index (χ1) is 11.7. The smallest absolute Gasteiger partial charge is 0.164 e. The van der Waals surface area contributed by atoms with Gasteiger partial charge in [0.25, 0.3) is 0 Å². The fraction of sp³-hybridized carbons (Fsp3) is 0.143. The van der Waals surface area contributed by atoms with Crippen LogP contribution in [0, 0.1) is 13.8 Å². The van der Waals surface area contributed by atoms with E-state index in [1.54, 1.807) is 0 Å². The van der Waals surface area contributed by atoms with E-state index in [4.69, 9.17) is 4.98 Å². The van der Waals surface area contributed by atoms with E-state index in [9.17, 15) is 0 Å². The first-order valence-corrected chi connectivity index (χ1v) is 8.16. The molecule has 0 atom stereocenters. The zero-order chi connectivity index (χ0) is 16.5. The Hall–Kier alpha value is -2.94. The first kappa shape index (κ1) is 14.6. The van der Waals surface area contributed by atoms with E-state index in [0.717, 1.165) is 29.1 Å². The monoisotopic (exact) mass is 313 g/mol. The molecule has 0 aliphatic rings. The predicted molar refractivity (Wildman–Crippen MR) is 97.6 cm³/mol. The van der Waals surface area contributed by atoms with Gasteiger partial charge in [-0.3, -0.25) is 4.57 Å². The molecule has 0 unspecified atom stereocenters. The molecule has 24 heavy (non-hydrogen) atoms. The Kier molecular flexibility index (Phi) is 3.62. The third-order valence-corrected chi connectivity index (χ3v) is 4.29. The average molecular weight is 313 g/mol. The van der Waals surface area contributed by atoms with Gasteiger partial charge in [0.1, 0.15) is 11.3 Å². The molecular weight excluding hydrogens is 294 g/mol. The van der Waals surface area contributed by atoms with Crippen LogP contribution in [-0.2, 0) is 6.42 Å². The molecule has 4 aromatic rings. The highest BCUT2D eigenvalue weighted by atomic mass is 15.1. The highest BCUT2D eigenvalue weighted by Crippen LogP contribution is 2.24. The Morgan fingerprint density at radius 3 is 2.62 bits per heavy atom. The number of hydrogen-bond acceptors (Lipinski definition) is 2. The van der Waals surface area contributed by atoms with Crippen LogP contribution in [0.15, 0.2) is 66.9 Å². The number of pyridine rings is 1. The lowest BCUT2D eigenvalue weighted by molar-refractivity contribution is 0.917. The molecule has 0 aliphatic heterocycles. The maximum atomic E-state index is 4.86. The lowest BCUT2D eigenvalue weighted by Crippen LogP contribution is -2.04. The molecule has 0 aliphatic carbocycles. The second kappa shape index (κ2) is 5.93. The largest absolute Gasteiger partial charge is 0.280 e. The molecule has 0 amide bonds. The van der Waals surface area contributed by atoms with Crippen LogP contribution in [-0.4, -0.2) is 14.5 Å². The van der Waals surface area contributed by atoms with E-state index >= 15 is 0 Å². The molecule has 2 aromatic carbocycles. The molecule has 0 N–H and O–H groups in total. The van der Waals surface area contributed by atoms with E-state index in [1.165, 1.54) is 16.7 Å². The lowest BCUT2D eigenvalue weighted by Gasteiger charge is -2.11. The normalized spacial score (nSPS) is 11.1. The Labute approximate surface area is 141 Å². The number of nitrogens with zero attached hydrogens (tertiary/aromatic N) is 3. The average Bonchev–Trinajstić information content (AvgIpc) is 2.93. The molecule has 0 bridgehead atoms. The summed E-state index contributed by atoms with van der Waals surface area (Å²) in [5, 5.41) is 0. The van der Waals surface area contributed by atoms with E-state index in [1.807, 2.05) is 18.3 Å². The number of fused-ring (bicyclic) bond motifs is 1. The Balaban J connectivity index is 1.92. The minimum Gasteiger partial charge on any atom is -0.280 e. The van der Waals surface area contributed by atoms with Gasteiger partial charge >= 0.3 is 0 Å². The van der Waals surface area contributed by atoms with Gasteiger partial charge in [-0.15, -0.1) is 0 Å². The van der Waals surface area contributed by atoms with Crippen molar-refractivity contribution in [1.82, 2.24) is 14.5 Å². The van der Waals surface area contributed by atoms with Gasteiger partial charge in [-0.2, -0.15) is 0 Å². The van der Waals surface area contributed by atoms with Crippen molar-refractivity contribution in [3.05, 3.63) is 89.4 Å². The number of benzene rings is 2. The zero-order valence-electron chi connectivity index (χ0n) is 13.9. The lowest BCUT2D eigenvalue weighted by atomic mass is 10.1. The van der Waals surface area contributed by atoms with E-state index < -0.39 is 0 Å². The van der Waals surface area contributed by atoms with Gasteiger partial charge in [0, 0.05) is 12.6 Å². The van der Waals surface area contributed by atoms with Crippen molar-refractivity contribution in [1.29, 1.82) is 0 Å². The highest BCUT2D eigenvalue weighted by molar-refractivity contribution is 5.74. The van der Waals surface area contributed by atoms with Crippen LogP contribution in [0.25, 0.3) is 16.9 Å². The molecule has 2 heterocycles. The van der Waals surface area contributed by atoms with Gasteiger partial charge in [0.15, 0.2) is 5.65 Å². The molecule has 0 radical (unpaired) electrons. The highest BCUT2D eigenvalue weighted by Gasteiger charge is 2.15. The van der Waals surface area contributed by atoms with Crippen molar-refractivity contribution in [3.8, 4) is 5.69 Å². The van der Waals surface area contributed by atoms with Gasteiger partial charge in [0.05, 0.1) is 5.69 Å². The standard InChI is InChI=1S/C21H19N3/c1-15-7-5-9-17(13-15)14-20-23-18-10-6-12-22-21(18)24(20)19-11-4-3-8-16(19)2/h3-13H,14H2,1-2H3. The van der Waals surface area contributed by atoms with Crippen LogP contribution in [0.1, 0.15) is 22.5 Å². The molecule has 0 saturated heterocycles. The van der Waals surface area contributed by atoms with Gasteiger partial charge in [0.2, 0.25) is 0 Å². The molecule has 2 aromatic heterocycles. The SMILES string of the molecule is Cc1cccc(Cc2nc3cccnc3n2-c2ccccc2C)c1. The molecule has 0 fully saturated rings. The van der Waals surface area contributed by atoms with Crippen LogP contribution in [0.5, 0.6) is 0 Å². The predicted octanol–water partition coefficient (Wildman–Crippen LogP) is 4.63. The Morgan fingerprint density at radius 1 is 0.917 bits per heavy atom. The van der Waals surface area contributed by atoms with Crippen LogP contribution >= 0.6 is 0 Å². The fourth-order valence-corrected chi connectivity index (χ4v) is 3.15. The van der Waals surface area contributed by atoms with Crippen LogP contribution < -0.4 is 0 Å². The van der Waals surface area contributed by atoms with Crippen LogP contribution in [0.2, 0.25) is 0 Å². The summed E-state index contributed by atoms with van der Waals surface area (Å²) in [5.41, 5.74) is 6.73. The molecule has 0 saturated carbocycles. The van der Waals surface area contributed by atoms with Gasteiger partial charge < -0.3 is 0 Å². The van der Waals surface area contributed by atoms with Crippen molar-refractivity contribution in [2.24, 2.45) is 0 Å². The topological polar surface area (TPSA) is 30.7 Å². The summed E-state index contributed by atoms with van der Waals surface area (Å²) >= 11 is 0. The van der Waals surface area contributed by atoms with E-state index in [2.05, 4.69) is 71.9 Å². The molecule has 4 rings (SSSR count). The zero-order valence-corrected chi connectivity index (χ0v) is 13.9. The summed E-state index contributed by atoms with van der Waals surface area (Å²) in [7, 11) is 0. The van der Waals surface area contributed by atoms with Gasteiger partial charge in [-0.1, -0.05) is 48.0 Å². The van der Waals surface area contributed by atoms with Crippen LogP contribution in [0.3, 0.4) is 0 Å². The summed E-state index contributed by atoms with van der Waals surface area (Å²) in [6, 6.07) is 20.9. The van der Waals surface area contributed by atoms with Crippen molar-refractivity contribution < 1.29 is 0 Å². The van der Waals surface area contributed by atoms with Gasteiger partial charge in [-0.05, 0) is 43.2 Å². The number of aromatic nitrogens is 3. The summed E-state index contributed by atoms with van der Waals surface area (Å²) in [5.74, 6) is 1.02. The minimum absolute atomic E-state index is 0.784. The molecule has 118 valence electrons. The summed E-state index contributed by atoms with van der Waals surface area (Å²) in [6.07, 6.45) is 2.61. The van der Waals surface area contributed by atoms with E-state index in [0.29, 0.717) is 0 Å². The van der Waals surface area contributed by atoms with Crippen molar-refractivity contribution in [3.63, 3.8) is 0 Å². The quantitative estimate of drug-likeness (QED) is 0.552. The number of para-hydroxylation sites is 1. The van der Waals surface area contributed by atoms with Crippen molar-refractivity contribution in [2.75, 3.05) is 0 Å². The fourth-order valence-electron chi connectivity index (χ4n) is 3.15. The maximum absolute atomic E-state index is 4.86. The number of hydrogen-bond donors (Lipinski definition) is 0. The van der Waals surface area contributed by atoms with Crippen molar-refractivity contribution >= 4 is 11.2 Å². The first-order valence-electron chi connectivity index (χ1n) is 8.16. The van der Waals surface area contributed by atoms with Crippen LogP contribution in [0.4, 0.5) is 0 Å². The summed E-state index contributed by atoms with van der Waals surface area (Å²) in [6.45, 7) is 4.25. The van der Waals surface area contributed by atoms with Crippen molar-refractivity contribution in [2.45, 2.75) is 20.3 Å². The second-order valence-electron chi connectivity index (χ2n) is 6.16. The minimum atomic E-state index is 0.784. The Morgan fingerprint density at radius 2 is 1.79 bits per heavy atom. The van der Waals surface area contributed by atoms with E-state index in [-0.39, 0.29) is 0 Å². The molecular formula is C21H19N3. The number of aryl methyl sites for hydroxylation is 2. The summed E-state index contributed by atoms with van der Waals surface area (Å²) in [4.78, 5) is 9.43. The third-order valence-electron chi connectivity index (χ3n) is 4.29. The molecule has 0 spiro atoms. The summed E-state index contributed by atoms with van der Waals surface area (Å²) < 4.78 is 2.19. The maximum Gasteiger partial charge on any atom is 0.164 e. The van der Waals surface area contributed by atoms with Gasteiger partial charge in [-0.25, -0.2) is 9.97 Å². The molecule has 3 heteroatoms. The second-order valence-corrected chi connectivity index (χ2v) is 6.16. The Bertz CT molecular complexity index is 1010. The third kappa shape index (κ3) is 2.58. The number of imidazole rings is 1. The molecule has 3 nitrogen and oxygen atoms in total.